The molecule has 29 heavy (non-hydrogen) atoms. The number of carbonyl (C=O) groups is 3. The van der Waals surface area contributed by atoms with E-state index in [2.05, 4.69) is 5.32 Å². The van der Waals surface area contributed by atoms with Crippen LogP contribution in [-0.2, 0) is 20.9 Å². The predicted molar refractivity (Wildman–Crippen MR) is 112 cm³/mol. The van der Waals surface area contributed by atoms with Crippen LogP contribution in [0.5, 0.6) is 0 Å². The van der Waals surface area contributed by atoms with Crippen molar-refractivity contribution >= 4 is 40.7 Å². The highest BCUT2D eigenvalue weighted by Gasteiger charge is 2.39. The summed E-state index contributed by atoms with van der Waals surface area (Å²) in [6.07, 6.45) is 0. The van der Waals surface area contributed by atoms with Gasteiger partial charge in [0.1, 0.15) is 5.82 Å². The molecule has 2 aromatic carbocycles. The molecule has 0 fully saturated rings. The quantitative estimate of drug-likeness (QED) is 0.722. The maximum absolute atomic E-state index is 14.1. The zero-order valence-corrected chi connectivity index (χ0v) is 17.2. The molecule has 0 aromatic heterocycles. The summed E-state index contributed by atoms with van der Waals surface area (Å²) >= 11 is 1.31. The Balaban J connectivity index is 1.96. The molecule has 0 aliphatic carbocycles. The van der Waals surface area contributed by atoms with Gasteiger partial charge in [-0.05, 0) is 23.8 Å². The van der Waals surface area contributed by atoms with Crippen molar-refractivity contribution in [1.29, 1.82) is 0 Å². The Hall–Kier alpha value is -2.93. The van der Waals surface area contributed by atoms with Crippen molar-refractivity contribution in [2.24, 2.45) is 0 Å². The number of hydrogen-bond acceptors (Lipinski definition) is 4. The van der Waals surface area contributed by atoms with Gasteiger partial charge in [0.2, 0.25) is 5.91 Å². The fourth-order valence-corrected chi connectivity index (χ4v) is 4.02. The molecule has 2 aromatic rings. The fourth-order valence-electron chi connectivity index (χ4n) is 3.02. The Labute approximate surface area is 173 Å². The van der Waals surface area contributed by atoms with Crippen molar-refractivity contribution in [3.8, 4) is 0 Å². The van der Waals surface area contributed by atoms with E-state index in [-0.39, 0.29) is 23.3 Å². The molecule has 0 saturated carbocycles. The van der Waals surface area contributed by atoms with Gasteiger partial charge >= 0.3 is 0 Å². The number of nitrogens with zero attached hydrogens (tertiary/aromatic N) is 1. The summed E-state index contributed by atoms with van der Waals surface area (Å²) in [6, 6.07) is 12.8. The first kappa shape index (κ1) is 20.8. The first-order valence-corrected chi connectivity index (χ1v) is 10.0. The lowest BCUT2D eigenvalue weighted by Gasteiger charge is -2.16. The number of benzene rings is 2. The van der Waals surface area contributed by atoms with Crippen molar-refractivity contribution in [2.75, 3.05) is 5.32 Å². The smallest absolute Gasteiger partial charge is 0.268 e. The SMILES string of the molecule is CC(=O)Nc1ccc(C2=C(SC(C)C)C(=O)N(Cc3ccccc3F)C2=O)cc1. The van der Waals surface area contributed by atoms with Crippen LogP contribution in [0.3, 0.4) is 0 Å². The molecule has 3 amide bonds. The van der Waals surface area contributed by atoms with E-state index in [0.29, 0.717) is 21.7 Å². The second kappa shape index (κ2) is 8.61. The van der Waals surface area contributed by atoms with Gasteiger partial charge < -0.3 is 5.32 Å². The van der Waals surface area contributed by atoms with Crippen LogP contribution >= 0.6 is 11.8 Å². The number of rotatable bonds is 6. The average molecular weight is 412 g/mol. The van der Waals surface area contributed by atoms with Crippen LogP contribution in [0.2, 0.25) is 0 Å². The highest BCUT2D eigenvalue weighted by atomic mass is 32.2. The van der Waals surface area contributed by atoms with Crippen molar-refractivity contribution in [3.05, 3.63) is 70.4 Å². The number of hydrogen-bond donors (Lipinski definition) is 1. The molecule has 1 aliphatic heterocycles. The minimum absolute atomic E-state index is 0.0869. The molecule has 0 bridgehead atoms. The van der Waals surface area contributed by atoms with Crippen LogP contribution in [0.1, 0.15) is 31.9 Å². The van der Waals surface area contributed by atoms with Gasteiger partial charge in [-0.3, -0.25) is 19.3 Å². The van der Waals surface area contributed by atoms with Gasteiger partial charge in [-0.1, -0.05) is 44.2 Å². The van der Waals surface area contributed by atoms with Gasteiger partial charge in [0.05, 0.1) is 17.0 Å². The van der Waals surface area contributed by atoms with Crippen molar-refractivity contribution in [3.63, 3.8) is 0 Å². The van der Waals surface area contributed by atoms with Crippen molar-refractivity contribution < 1.29 is 18.8 Å². The van der Waals surface area contributed by atoms with Crippen LogP contribution in [0, 0.1) is 5.82 Å². The molecule has 0 unspecified atom stereocenters. The van der Waals surface area contributed by atoms with Crippen LogP contribution < -0.4 is 5.32 Å². The number of thioether (sulfide) groups is 1. The van der Waals surface area contributed by atoms with Crippen LogP contribution in [0.25, 0.3) is 5.57 Å². The second-order valence-electron chi connectivity index (χ2n) is 6.92. The Kier molecular flexibility index (Phi) is 6.17. The number of imide groups is 1. The van der Waals surface area contributed by atoms with E-state index in [1.165, 1.54) is 24.8 Å². The van der Waals surface area contributed by atoms with Crippen molar-refractivity contribution in [2.45, 2.75) is 32.6 Å². The molecule has 7 heteroatoms. The minimum atomic E-state index is -0.459. The third kappa shape index (κ3) is 4.56. The largest absolute Gasteiger partial charge is 0.326 e. The number of amides is 3. The summed E-state index contributed by atoms with van der Waals surface area (Å²) in [4.78, 5) is 38.8. The van der Waals surface area contributed by atoms with Gasteiger partial charge in [0, 0.05) is 23.4 Å². The molecule has 3 rings (SSSR count). The maximum atomic E-state index is 14.1. The average Bonchev–Trinajstić information content (AvgIpc) is 2.88. The van der Waals surface area contributed by atoms with E-state index < -0.39 is 17.6 Å². The summed E-state index contributed by atoms with van der Waals surface area (Å²) in [5.74, 6) is -1.53. The Bertz CT molecular complexity index is 999. The Morgan fingerprint density at radius 1 is 1.07 bits per heavy atom. The highest BCUT2D eigenvalue weighted by Crippen LogP contribution is 2.38. The Morgan fingerprint density at radius 2 is 1.72 bits per heavy atom. The Morgan fingerprint density at radius 3 is 2.31 bits per heavy atom. The van der Waals surface area contributed by atoms with E-state index in [4.69, 9.17) is 0 Å². The lowest BCUT2D eigenvalue weighted by Crippen LogP contribution is -2.31. The van der Waals surface area contributed by atoms with Gasteiger partial charge in [0.15, 0.2) is 0 Å². The summed E-state index contributed by atoms with van der Waals surface area (Å²) in [6.45, 7) is 5.16. The summed E-state index contributed by atoms with van der Waals surface area (Å²) in [5.41, 5.74) is 1.77. The highest BCUT2D eigenvalue weighted by molar-refractivity contribution is 8.04. The number of nitrogens with one attached hydrogen (secondary N) is 1. The van der Waals surface area contributed by atoms with E-state index in [9.17, 15) is 18.8 Å². The van der Waals surface area contributed by atoms with Gasteiger partial charge in [-0.15, -0.1) is 11.8 Å². The van der Waals surface area contributed by atoms with Crippen LogP contribution in [0.15, 0.2) is 53.4 Å². The number of anilines is 1. The fraction of sp³-hybridized carbons (Fsp3) is 0.227. The lowest BCUT2D eigenvalue weighted by atomic mass is 10.1. The molecule has 1 aliphatic rings. The summed E-state index contributed by atoms with van der Waals surface area (Å²) < 4.78 is 14.1. The standard InChI is InChI=1S/C22H21FN2O3S/c1-13(2)29-20-19(15-8-10-17(11-9-15)24-14(3)26)21(27)25(22(20)28)12-16-6-4-5-7-18(16)23/h4-11,13H,12H2,1-3H3,(H,24,26). The first-order chi connectivity index (χ1) is 13.8. The number of carbonyl (C=O) groups excluding carboxylic acids is 3. The van der Waals surface area contributed by atoms with Gasteiger partial charge in [0.25, 0.3) is 11.8 Å². The van der Waals surface area contributed by atoms with E-state index in [0.717, 1.165) is 4.90 Å². The zero-order chi connectivity index (χ0) is 21.1. The predicted octanol–water partition coefficient (Wildman–Crippen LogP) is 4.21. The topological polar surface area (TPSA) is 66.5 Å². The molecule has 1 N–H and O–H groups in total. The van der Waals surface area contributed by atoms with Crippen LogP contribution in [-0.4, -0.2) is 27.9 Å². The summed E-state index contributed by atoms with van der Waals surface area (Å²) in [5, 5.41) is 2.76. The van der Waals surface area contributed by atoms with E-state index >= 15 is 0 Å². The van der Waals surface area contributed by atoms with E-state index in [1.54, 1.807) is 42.5 Å². The molecule has 0 saturated heterocycles. The third-order valence-corrected chi connectivity index (χ3v) is 5.35. The molecule has 5 nitrogen and oxygen atoms in total. The van der Waals surface area contributed by atoms with Crippen molar-refractivity contribution in [1.82, 2.24) is 4.90 Å². The molecule has 150 valence electrons. The molecule has 0 radical (unpaired) electrons. The number of halogens is 1. The first-order valence-electron chi connectivity index (χ1n) is 9.16. The molecule has 1 heterocycles. The normalized spacial score (nSPS) is 14.2. The maximum Gasteiger partial charge on any atom is 0.268 e. The molecule has 0 atom stereocenters. The van der Waals surface area contributed by atoms with E-state index in [1.807, 2.05) is 13.8 Å². The van der Waals surface area contributed by atoms with Gasteiger partial charge in [-0.2, -0.15) is 0 Å². The molecular weight excluding hydrogens is 391 g/mol. The molecule has 0 spiro atoms. The monoisotopic (exact) mass is 412 g/mol. The van der Waals surface area contributed by atoms with Gasteiger partial charge in [-0.25, -0.2) is 4.39 Å². The summed E-state index contributed by atoms with van der Waals surface area (Å²) in [7, 11) is 0. The zero-order valence-electron chi connectivity index (χ0n) is 16.4. The third-order valence-electron chi connectivity index (χ3n) is 4.26. The van der Waals surface area contributed by atoms with Crippen LogP contribution in [0.4, 0.5) is 10.1 Å². The molecular formula is C22H21FN2O3S. The second-order valence-corrected chi connectivity index (χ2v) is 8.50. The lowest BCUT2D eigenvalue weighted by molar-refractivity contribution is -0.137. The minimum Gasteiger partial charge on any atom is -0.326 e.